The largest absolute Gasteiger partial charge is 0.342 e. The molecule has 0 radical (unpaired) electrons. The summed E-state index contributed by atoms with van der Waals surface area (Å²) in [5, 5.41) is 0.444. The van der Waals surface area contributed by atoms with Crippen LogP contribution in [0.15, 0.2) is 33.9 Å². The molecule has 5 rings (SSSR count). The van der Waals surface area contributed by atoms with Gasteiger partial charge in [0.1, 0.15) is 0 Å². The number of likely N-dealkylation sites (tertiary alicyclic amines) is 1. The normalized spacial score (nSPS) is 26.0. The molecule has 3 fully saturated rings. The van der Waals surface area contributed by atoms with Crippen molar-refractivity contribution in [2.24, 2.45) is 11.8 Å². The number of H-pyrrole nitrogens is 1. The summed E-state index contributed by atoms with van der Waals surface area (Å²) in [7, 11) is 0. The van der Waals surface area contributed by atoms with Gasteiger partial charge in [-0.3, -0.25) is 19.0 Å². The summed E-state index contributed by atoms with van der Waals surface area (Å²) < 4.78 is 1.12. The maximum atomic E-state index is 12.9. The molecule has 1 N–H and O–H groups in total. The van der Waals surface area contributed by atoms with Crippen molar-refractivity contribution < 1.29 is 9.59 Å². The van der Waals surface area contributed by atoms with E-state index in [1.807, 2.05) is 4.90 Å². The van der Waals surface area contributed by atoms with E-state index < -0.39 is 5.69 Å². The van der Waals surface area contributed by atoms with Crippen LogP contribution in [0.2, 0.25) is 0 Å². The lowest BCUT2D eigenvalue weighted by molar-refractivity contribution is -0.148. The van der Waals surface area contributed by atoms with E-state index in [0.717, 1.165) is 30.4 Å². The van der Waals surface area contributed by atoms with Crippen molar-refractivity contribution in [1.82, 2.24) is 19.4 Å². The maximum Gasteiger partial charge on any atom is 0.328 e. The summed E-state index contributed by atoms with van der Waals surface area (Å²) in [4.78, 5) is 56.9. The molecule has 158 valence electrons. The lowest BCUT2D eigenvalue weighted by atomic mass is 9.76. The van der Waals surface area contributed by atoms with Gasteiger partial charge in [0, 0.05) is 45.1 Å². The molecule has 0 spiro atoms. The molecule has 2 bridgehead atoms. The molecule has 4 heterocycles. The standard InChI is InChI=1S/C22H26N4O4/c27-19(8-9-25-21(29)16-4-1-2-5-17(16)23-22(25)30)24-11-14-10-15(13-24)18-6-3-7-20(28)26(18)12-14/h1-2,4-5,14-15,18H,3,6-13H2,(H,23,30)/t14-,15+,18?/m1/s1. The van der Waals surface area contributed by atoms with Gasteiger partial charge in [-0.1, -0.05) is 12.1 Å². The second kappa shape index (κ2) is 7.41. The van der Waals surface area contributed by atoms with Crippen molar-refractivity contribution in [3.8, 4) is 0 Å². The molecule has 1 unspecified atom stereocenters. The van der Waals surface area contributed by atoms with Crippen molar-refractivity contribution in [2.75, 3.05) is 19.6 Å². The van der Waals surface area contributed by atoms with E-state index in [-0.39, 0.29) is 36.4 Å². The van der Waals surface area contributed by atoms with Crippen LogP contribution < -0.4 is 11.2 Å². The van der Waals surface area contributed by atoms with Gasteiger partial charge in [0.05, 0.1) is 10.9 Å². The Morgan fingerprint density at radius 1 is 1.10 bits per heavy atom. The summed E-state index contributed by atoms with van der Waals surface area (Å²) in [6, 6.07) is 7.14. The first-order valence-corrected chi connectivity index (χ1v) is 10.8. The number of piperidine rings is 3. The van der Waals surface area contributed by atoms with Gasteiger partial charge in [-0.05, 0) is 43.2 Å². The molecule has 30 heavy (non-hydrogen) atoms. The molecule has 1 aromatic heterocycles. The highest BCUT2D eigenvalue weighted by Crippen LogP contribution is 2.38. The Morgan fingerprint density at radius 3 is 2.80 bits per heavy atom. The predicted molar refractivity (Wildman–Crippen MR) is 111 cm³/mol. The number of hydrogen-bond donors (Lipinski definition) is 1. The molecule has 3 aliphatic rings. The van der Waals surface area contributed by atoms with Gasteiger partial charge in [-0.15, -0.1) is 0 Å². The second-order valence-corrected chi connectivity index (χ2v) is 8.85. The van der Waals surface area contributed by atoms with Crippen molar-refractivity contribution in [3.05, 3.63) is 45.1 Å². The fourth-order valence-corrected chi connectivity index (χ4v) is 5.58. The Kier molecular flexibility index (Phi) is 4.72. The highest BCUT2D eigenvalue weighted by Gasteiger charge is 2.44. The van der Waals surface area contributed by atoms with Gasteiger partial charge in [0.2, 0.25) is 11.8 Å². The Bertz CT molecular complexity index is 1120. The molecular formula is C22H26N4O4. The van der Waals surface area contributed by atoms with Gasteiger partial charge >= 0.3 is 5.69 Å². The van der Waals surface area contributed by atoms with E-state index in [2.05, 4.69) is 9.88 Å². The zero-order valence-electron chi connectivity index (χ0n) is 16.9. The minimum Gasteiger partial charge on any atom is -0.342 e. The molecule has 3 saturated heterocycles. The number of nitrogens with one attached hydrogen (secondary N) is 1. The summed E-state index contributed by atoms with van der Waals surface area (Å²) in [6.45, 7) is 2.12. The Morgan fingerprint density at radius 2 is 1.93 bits per heavy atom. The fourth-order valence-electron chi connectivity index (χ4n) is 5.58. The summed E-state index contributed by atoms with van der Waals surface area (Å²) in [5.41, 5.74) is -0.349. The van der Waals surface area contributed by atoms with Gasteiger partial charge in [0.25, 0.3) is 5.56 Å². The fraction of sp³-hybridized carbons (Fsp3) is 0.545. The summed E-state index contributed by atoms with van der Waals surface area (Å²) in [6.07, 6.45) is 3.79. The molecule has 3 atom stereocenters. The zero-order valence-corrected chi connectivity index (χ0v) is 16.9. The number of para-hydroxylation sites is 1. The highest BCUT2D eigenvalue weighted by atomic mass is 16.2. The molecule has 2 amide bonds. The summed E-state index contributed by atoms with van der Waals surface area (Å²) >= 11 is 0. The van der Waals surface area contributed by atoms with Crippen LogP contribution in [0.5, 0.6) is 0 Å². The predicted octanol–water partition coefficient (Wildman–Crippen LogP) is 0.939. The summed E-state index contributed by atoms with van der Waals surface area (Å²) in [5.74, 6) is 0.880. The van der Waals surface area contributed by atoms with E-state index in [1.54, 1.807) is 24.3 Å². The molecule has 8 nitrogen and oxygen atoms in total. The van der Waals surface area contributed by atoms with Crippen LogP contribution in [0.3, 0.4) is 0 Å². The first-order chi connectivity index (χ1) is 14.5. The molecule has 1 aromatic carbocycles. The lowest BCUT2D eigenvalue weighted by Gasteiger charge is -2.52. The van der Waals surface area contributed by atoms with Crippen LogP contribution in [0.25, 0.3) is 10.9 Å². The highest BCUT2D eigenvalue weighted by molar-refractivity contribution is 5.79. The van der Waals surface area contributed by atoms with Gasteiger partial charge in [-0.2, -0.15) is 0 Å². The maximum absolute atomic E-state index is 12.9. The van der Waals surface area contributed by atoms with Gasteiger partial charge < -0.3 is 14.8 Å². The average Bonchev–Trinajstić information content (AvgIpc) is 2.74. The zero-order chi connectivity index (χ0) is 20.8. The Labute approximate surface area is 173 Å². The number of rotatable bonds is 3. The van der Waals surface area contributed by atoms with E-state index in [0.29, 0.717) is 42.2 Å². The molecule has 0 aliphatic carbocycles. The number of aromatic nitrogens is 2. The average molecular weight is 410 g/mol. The van der Waals surface area contributed by atoms with Gasteiger partial charge in [0.15, 0.2) is 0 Å². The second-order valence-electron chi connectivity index (χ2n) is 8.85. The van der Waals surface area contributed by atoms with Crippen LogP contribution in [-0.2, 0) is 16.1 Å². The van der Waals surface area contributed by atoms with E-state index in [9.17, 15) is 19.2 Å². The monoisotopic (exact) mass is 410 g/mol. The van der Waals surface area contributed by atoms with E-state index in [4.69, 9.17) is 0 Å². The minimum absolute atomic E-state index is 0.0280. The van der Waals surface area contributed by atoms with Crippen LogP contribution in [0.4, 0.5) is 0 Å². The molecular weight excluding hydrogens is 384 g/mol. The smallest absolute Gasteiger partial charge is 0.328 e. The van der Waals surface area contributed by atoms with Crippen LogP contribution in [0, 0.1) is 11.8 Å². The van der Waals surface area contributed by atoms with Crippen molar-refractivity contribution in [1.29, 1.82) is 0 Å². The third-order valence-electron chi connectivity index (χ3n) is 6.97. The molecule has 3 aliphatic heterocycles. The molecule has 2 aromatic rings. The third kappa shape index (κ3) is 3.24. The number of carbonyl (C=O) groups excluding carboxylic acids is 2. The number of fused-ring (bicyclic) bond motifs is 5. The minimum atomic E-state index is -0.488. The Balaban J connectivity index is 1.29. The van der Waals surface area contributed by atoms with E-state index >= 15 is 0 Å². The van der Waals surface area contributed by atoms with Crippen molar-refractivity contribution in [2.45, 2.75) is 44.7 Å². The van der Waals surface area contributed by atoms with E-state index in [1.165, 1.54) is 0 Å². The third-order valence-corrected chi connectivity index (χ3v) is 6.97. The van der Waals surface area contributed by atoms with Crippen LogP contribution in [-0.4, -0.2) is 56.8 Å². The first kappa shape index (κ1) is 19.1. The number of nitrogens with zero attached hydrogens (tertiary/aromatic N) is 3. The number of aromatic amines is 1. The molecule has 8 heteroatoms. The lowest BCUT2D eigenvalue weighted by Crippen LogP contribution is -2.61. The Hall–Kier alpha value is -2.90. The van der Waals surface area contributed by atoms with Crippen molar-refractivity contribution >= 4 is 22.7 Å². The molecule has 0 saturated carbocycles. The first-order valence-electron chi connectivity index (χ1n) is 10.8. The number of benzene rings is 1. The number of hydrogen-bond acceptors (Lipinski definition) is 4. The van der Waals surface area contributed by atoms with Crippen LogP contribution >= 0.6 is 0 Å². The topological polar surface area (TPSA) is 95.5 Å². The number of carbonyl (C=O) groups is 2. The quantitative estimate of drug-likeness (QED) is 0.815. The number of amides is 2. The van der Waals surface area contributed by atoms with Crippen LogP contribution in [0.1, 0.15) is 32.1 Å². The van der Waals surface area contributed by atoms with Gasteiger partial charge in [-0.25, -0.2) is 4.79 Å². The van der Waals surface area contributed by atoms with Crippen molar-refractivity contribution in [3.63, 3.8) is 0 Å². The SMILES string of the molecule is O=C(CCn1c(=O)[nH]c2ccccc2c1=O)N1C[C@H]2C[C@@H](C1)C1CCCC(=O)N1C2.